The molecule has 0 fully saturated rings. The maximum Gasteiger partial charge on any atom is 0.258 e. The summed E-state index contributed by atoms with van der Waals surface area (Å²) in [6.07, 6.45) is 0.813. The van der Waals surface area contributed by atoms with Crippen molar-refractivity contribution in [2.24, 2.45) is 0 Å². The highest BCUT2D eigenvalue weighted by molar-refractivity contribution is 6.32. The van der Waals surface area contributed by atoms with E-state index < -0.39 is 5.91 Å². The van der Waals surface area contributed by atoms with Crippen LogP contribution < -0.4 is 15.4 Å². The fourth-order valence-electron chi connectivity index (χ4n) is 2.24. The summed E-state index contributed by atoms with van der Waals surface area (Å²) in [7, 11) is 0. The summed E-state index contributed by atoms with van der Waals surface area (Å²) in [5.41, 5.74) is 2.78. The summed E-state index contributed by atoms with van der Waals surface area (Å²) >= 11 is 6.01. The molecule has 0 bridgehead atoms. The number of aryl methyl sites for hydroxylation is 2. The maximum atomic E-state index is 12.0. The number of carbonyl (C=O) groups is 2. The number of benzene rings is 2. The minimum absolute atomic E-state index is 0.123. The number of hydrogen-bond acceptors (Lipinski definition) is 3. The van der Waals surface area contributed by atoms with Crippen molar-refractivity contribution in [1.29, 1.82) is 0 Å². The number of rotatable bonds is 7. The van der Waals surface area contributed by atoms with Crippen LogP contribution in [0.2, 0.25) is 5.02 Å². The van der Waals surface area contributed by atoms with E-state index in [2.05, 4.69) is 10.6 Å². The molecule has 2 aromatic rings. The Kier molecular flexibility index (Phi) is 6.83. The highest BCUT2D eigenvalue weighted by atomic mass is 35.5. The first kappa shape index (κ1) is 18.8. The van der Waals surface area contributed by atoms with Gasteiger partial charge in [-0.25, -0.2) is 0 Å². The molecule has 0 aliphatic rings. The zero-order chi connectivity index (χ0) is 18.2. The smallest absolute Gasteiger partial charge is 0.258 e. The molecule has 25 heavy (non-hydrogen) atoms. The van der Waals surface area contributed by atoms with Crippen LogP contribution in [0.5, 0.6) is 5.75 Å². The molecule has 0 atom stereocenters. The fraction of sp³-hybridized carbons (Fsp3) is 0.263. The molecule has 0 saturated heterocycles. The predicted octanol–water partition coefficient (Wildman–Crippen LogP) is 3.34. The first-order valence-electron chi connectivity index (χ1n) is 8.03. The molecule has 0 radical (unpaired) electrons. The van der Waals surface area contributed by atoms with E-state index in [9.17, 15) is 9.59 Å². The van der Waals surface area contributed by atoms with Crippen molar-refractivity contribution in [2.45, 2.75) is 20.3 Å². The molecule has 132 valence electrons. The molecule has 0 heterocycles. The maximum absolute atomic E-state index is 12.0. The molecule has 0 unspecified atom stereocenters. The molecule has 2 rings (SSSR count). The molecule has 2 aromatic carbocycles. The number of hydrogen-bond donors (Lipinski definition) is 2. The van der Waals surface area contributed by atoms with E-state index in [1.807, 2.05) is 44.2 Å². The summed E-state index contributed by atoms with van der Waals surface area (Å²) in [5.74, 6) is -0.238. The Balaban J connectivity index is 1.79. The third-order valence-electron chi connectivity index (χ3n) is 3.56. The van der Waals surface area contributed by atoms with E-state index >= 15 is 0 Å². The van der Waals surface area contributed by atoms with Crippen molar-refractivity contribution in [2.75, 3.05) is 18.5 Å². The molecular weight excluding hydrogens is 340 g/mol. The van der Waals surface area contributed by atoms with E-state index in [1.165, 1.54) is 0 Å². The van der Waals surface area contributed by atoms with Crippen LogP contribution in [0.4, 0.5) is 5.69 Å². The lowest BCUT2D eigenvalue weighted by Gasteiger charge is -2.11. The van der Waals surface area contributed by atoms with Crippen molar-refractivity contribution in [3.05, 3.63) is 58.6 Å². The van der Waals surface area contributed by atoms with Gasteiger partial charge in [-0.2, -0.15) is 0 Å². The fourth-order valence-corrected chi connectivity index (χ4v) is 2.41. The monoisotopic (exact) mass is 360 g/mol. The third kappa shape index (κ3) is 5.80. The number of nitrogens with one attached hydrogen (secondary N) is 2. The van der Waals surface area contributed by atoms with Gasteiger partial charge in [0, 0.05) is 5.69 Å². The Morgan fingerprint density at radius 1 is 1.12 bits per heavy atom. The normalized spacial score (nSPS) is 10.2. The quantitative estimate of drug-likeness (QED) is 0.795. The van der Waals surface area contributed by atoms with Crippen molar-refractivity contribution in [3.63, 3.8) is 0 Å². The largest absolute Gasteiger partial charge is 0.482 e. The molecule has 0 aliphatic carbocycles. The minimum atomic E-state index is -0.392. The number of para-hydroxylation sites is 1. The first-order chi connectivity index (χ1) is 12.0. The summed E-state index contributed by atoms with van der Waals surface area (Å²) < 4.78 is 5.39. The van der Waals surface area contributed by atoms with Crippen LogP contribution in [-0.4, -0.2) is 25.0 Å². The molecule has 0 spiro atoms. The summed E-state index contributed by atoms with van der Waals surface area (Å²) in [6.45, 7) is 3.59. The zero-order valence-electron chi connectivity index (χ0n) is 14.3. The first-order valence-corrected chi connectivity index (χ1v) is 8.40. The lowest BCUT2D eigenvalue weighted by atomic mass is 10.1. The van der Waals surface area contributed by atoms with Gasteiger partial charge in [-0.15, -0.1) is 0 Å². The van der Waals surface area contributed by atoms with Crippen LogP contribution in [0.25, 0.3) is 0 Å². The Hall–Kier alpha value is -2.53. The minimum Gasteiger partial charge on any atom is -0.482 e. The van der Waals surface area contributed by atoms with Gasteiger partial charge in [0.25, 0.3) is 5.91 Å². The van der Waals surface area contributed by atoms with E-state index in [1.54, 1.807) is 12.1 Å². The van der Waals surface area contributed by atoms with Gasteiger partial charge in [-0.3, -0.25) is 9.59 Å². The topological polar surface area (TPSA) is 67.4 Å². The van der Waals surface area contributed by atoms with E-state index in [0.29, 0.717) is 10.8 Å². The lowest BCUT2D eigenvalue weighted by Crippen LogP contribution is -2.35. The summed E-state index contributed by atoms with van der Waals surface area (Å²) in [5, 5.41) is 5.75. The molecule has 0 saturated carbocycles. The van der Waals surface area contributed by atoms with E-state index in [-0.39, 0.29) is 19.1 Å². The van der Waals surface area contributed by atoms with Gasteiger partial charge < -0.3 is 15.4 Å². The third-order valence-corrected chi connectivity index (χ3v) is 3.88. The van der Waals surface area contributed by atoms with Crippen molar-refractivity contribution in [1.82, 2.24) is 5.32 Å². The molecule has 2 N–H and O–H groups in total. The van der Waals surface area contributed by atoms with Crippen LogP contribution in [0.1, 0.15) is 18.1 Å². The summed E-state index contributed by atoms with van der Waals surface area (Å²) in [6, 6.07) is 12.9. The predicted molar refractivity (Wildman–Crippen MR) is 99.1 cm³/mol. The molecule has 5 nitrogen and oxygen atoms in total. The number of halogens is 1. The number of anilines is 1. The van der Waals surface area contributed by atoms with Gasteiger partial charge in [0.15, 0.2) is 6.61 Å². The van der Waals surface area contributed by atoms with Crippen molar-refractivity contribution in [3.8, 4) is 5.75 Å². The van der Waals surface area contributed by atoms with E-state index in [4.69, 9.17) is 16.3 Å². The molecular formula is C19H21ClN2O3. The average molecular weight is 361 g/mol. The standard InChI is InChI=1S/C19H21ClN2O3/c1-3-14-6-4-5-7-16(14)22-18(23)11-21-19(24)12-25-17-10-13(2)8-9-15(17)20/h4-10H,3,11-12H2,1-2H3,(H,21,24)(H,22,23). The average Bonchev–Trinajstić information content (AvgIpc) is 2.61. The van der Waals surface area contributed by atoms with Crippen LogP contribution in [0, 0.1) is 6.92 Å². The second-order valence-corrected chi connectivity index (χ2v) is 5.97. The van der Waals surface area contributed by atoms with Crippen molar-refractivity contribution < 1.29 is 14.3 Å². The lowest BCUT2D eigenvalue weighted by molar-refractivity contribution is -0.125. The van der Waals surface area contributed by atoms with Crippen LogP contribution in [0.15, 0.2) is 42.5 Å². The molecule has 0 aliphatic heterocycles. The van der Waals surface area contributed by atoms with Gasteiger partial charge >= 0.3 is 0 Å². The second kappa shape index (κ2) is 9.08. The van der Waals surface area contributed by atoms with Gasteiger partial charge in [0.05, 0.1) is 11.6 Å². The Bertz CT molecular complexity index is 762. The van der Waals surface area contributed by atoms with Gasteiger partial charge in [-0.05, 0) is 42.7 Å². The highest BCUT2D eigenvalue weighted by Crippen LogP contribution is 2.25. The van der Waals surface area contributed by atoms with Gasteiger partial charge in [0.1, 0.15) is 5.75 Å². The Morgan fingerprint density at radius 2 is 1.88 bits per heavy atom. The van der Waals surface area contributed by atoms with Crippen LogP contribution >= 0.6 is 11.6 Å². The Labute approximate surface area is 152 Å². The van der Waals surface area contributed by atoms with Crippen molar-refractivity contribution >= 4 is 29.1 Å². The number of amides is 2. The molecule has 2 amide bonds. The van der Waals surface area contributed by atoms with Gasteiger partial charge in [0.2, 0.25) is 5.91 Å². The Morgan fingerprint density at radius 3 is 2.64 bits per heavy atom. The number of ether oxygens (including phenoxy) is 1. The molecule has 6 heteroatoms. The van der Waals surface area contributed by atoms with Crippen LogP contribution in [0.3, 0.4) is 0 Å². The summed E-state index contributed by atoms with van der Waals surface area (Å²) in [4.78, 5) is 23.8. The van der Waals surface area contributed by atoms with Gasteiger partial charge in [-0.1, -0.05) is 42.8 Å². The molecule has 0 aromatic heterocycles. The van der Waals surface area contributed by atoms with E-state index in [0.717, 1.165) is 23.2 Å². The SMILES string of the molecule is CCc1ccccc1NC(=O)CNC(=O)COc1cc(C)ccc1Cl. The van der Waals surface area contributed by atoms with Crippen LogP contribution in [-0.2, 0) is 16.0 Å². The number of carbonyl (C=O) groups excluding carboxylic acids is 2. The second-order valence-electron chi connectivity index (χ2n) is 5.56. The zero-order valence-corrected chi connectivity index (χ0v) is 15.0. The highest BCUT2D eigenvalue weighted by Gasteiger charge is 2.09.